The molecule has 7 heteroatoms. The van der Waals surface area contributed by atoms with Crippen molar-refractivity contribution in [3.05, 3.63) is 64.9 Å². The standard InChI is InChI=1S/C18H19N5OS/c1-3-10-22(12-16-5-4-11-25-16)17(24)13-23-20-18(19-21-23)15-8-6-14(2)7-9-15/h3-9,11H,1,10,12-13H2,2H3. The van der Waals surface area contributed by atoms with Gasteiger partial charge in [-0.05, 0) is 23.6 Å². The molecule has 0 aliphatic heterocycles. The van der Waals surface area contributed by atoms with Crippen LogP contribution in [0, 0.1) is 6.92 Å². The molecule has 1 aromatic carbocycles. The van der Waals surface area contributed by atoms with Crippen molar-refractivity contribution in [2.24, 2.45) is 0 Å². The van der Waals surface area contributed by atoms with Gasteiger partial charge in [0.15, 0.2) is 0 Å². The molecule has 0 spiro atoms. The summed E-state index contributed by atoms with van der Waals surface area (Å²) in [5.74, 6) is 0.447. The summed E-state index contributed by atoms with van der Waals surface area (Å²) in [7, 11) is 0. The molecule has 3 aromatic rings. The third-order valence-corrected chi connectivity index (χ3v) is 4.53. The lowest BCUT2D eigenvalue weighted by atomic mass is 10.1. The first-order chi connectivity index (χ1) is 12.2. The summed E-state index contributed by atoms with van der Waals surface area (Å²) in [5, 5.41) is 14.4. The van der Waals surface area contributed by atoms with Crippen molar-refractivity contribution in [1.82, 2.24) is 25.1 Å². The normalized spacial score (nSPS) is 10.6. The van der Waals surface area contributed by atoms with E-state index in [2.05, 4.69) is 22.0 Å². The molecule has 2 heterocycles. The number of aromatic nitrogens is 4. The van der Waals surface area contributed by atoms with Gasteiger partial charge in [0.25, 0.3) is 0 Å². The summed E-state index contributed by atoms with van der Waals surface area (Å²) in [4.78, 5) is 16.8. The second-order valence-electron chi connectivity index (χ2n) is 5.65. The van der Waals surface area contributed by atoms with Gasteiger partial charge in [0, 0.05) is 17.0 Å². The summed E-state index contributed by atoms with van der Waals surface area (Å²) < 4.78 is 0. The van der Waals surface area contributed by atoms with E-state index in [1.165, 1.54) is 10.4 Å². The first-order valence-electron chi connectivity index (χ1n) is 7.91. The van der Waals surface area contributed by atoms with E-state index in [0.29, 0.717) is 18.9 Å². The Bertz CT molecular complexity index is 839. The maximum Gasteiger partial charge on any atom is 0.246 e. The summed E-state index contributed by atoms with van der Waals surface area (Å²) in [6.07, 6.45) is 1.72. The Kier molecular flexibility index (Phi) is 5.35. The Labute approximate surface area is 150 Å². The molecule has 0 unspecified atom stereocenters. The third-order valence-electron chi connectivity index (χ3n) is 3.67. The first kappa shape index (κ1) is 17.0. The number of hydrogen-bond donors (Lipinski definition) is 0. The van der Waals surface area contributed by atoms with Crippen LogP contribution in [0.4, 0.5) is 0 Å². The zero-order valence-corrected chi connectivity index (χ0v) is 14.8. The molecule has 128 valence electrons. The van der Waals surface area contributed by atoms with Gasteiger partial charge in [-0.25, -0.2) is 0 Å². The second-order valence-corrected chi connectivity index (χ2v) is 6.68. The van der Waals surface area contributed by atoms with Crippen molar-refractivity contribution < 1.29 is 4.79 Å². The Morgan fingerprint density at radius 1 is 1.32 bits per heavy atom. The van der Waals surface area contributed by atoms with Gasteiger partial charge in [0.05, 0.1) is 6.54 Å². The van der Waals surface area contributed by atoms with Crippen molar-refractivity contribution >= 4 is 17.2 Å². The van der Waals surface area contributed by atoms with Crippen molar-refractivity contribution in [2.45, 2.75) is 20.0 Å². The number of aryl methyl sites for hydroxylation is 1. The highest BCUT2D eigenvalue weighted by Crippen LogP contribution is 2.15. The SMILES string of the molecule is C=CCN(Cc1cccs1)C(=O)Cn1nnc(-c2ccc(C)cc2)n1. The van der Waals surface area contributed by atoms with Gasteiger partial charge in [0.1, 0.15) is 6.54 Å². The molecular weight excluding hydrogens is 334 g/mol. The predicted molar refractivity (Wildman–Crippen MR) is 97.9 cm³/mol. The summed E-state index contributed by atoms with van der Waals surface area (Å²) in [6, 6.07) is 11.9. The van der Waals surface area contributed by atoms with E-state index >= 15 is 0 Å². The molecule has 0 bridgehead atoms. The Hall–Kier alpha value is -2.80. The topological polar surface area (TPSA) is 63.9 Å². The van der Waals surface area contributed by atoms with Crippen LogP contribution >= 0.6 is 11.3 Å². The molecule has 0 radical (unpaired) electrons. The molecule has 3 rings (SSSR count). The molecule has 0 fully saturated rings. The summed E-state index contributed by atoms with van der Waals surface area (Å²) >= 11 is 1.62. The van der Waals surface area contributed by atoms with E-state index < -0.39 is 0 Å². The van der Waals surface area contributed by atoms with Crippen molar-refractivity contribution in [2.75, 3.05) is 6.54 Å². The number of carbonyl (C=O) groups is 1. The fourth-order valence-corrected chi connectivity index (χ4v) is 3.07. The minimum Gasteiger partial charge on any atom is -0.332 e. The number of benzene rings is 1. The van der Waals surface area contributed by atoms with Crippen LogP contribution in [0.1, 0.15) is 10.4 Å². The van der Waals surface area contributed by atoms with Gasteiger partial charge in [-0.15, -0.1) is 28.1 Å². The number of amides is 1. The van der Waals surface area contributed by atoms with Gasteiger partial charge in [-0.3, -0.25) is 4.79 Å². The highest BCUT2D eigenvalue weighted by molar-refractivity contribution is 7.09. The van der Waals surface area contributed by atoms with Crippen LogP contribution in [0.5, 0.6) is 0 Å². The van der Waals surface area contributed by atoms with Crippen molar-refractivity contribution in [3.8, 4) is 11.4 Å². The van der Waals surface area contributed by atoms with Gasteiger partial charge in [-0.1, -0.05) is 42.0 Å². The molecule has 0 saturated heterocycles. The third kappa shape index (κ3) is 4.39. The smallest absolute Gasteiger partial charge is 0.246 e. The summed E-state index contributed by atoms with van der Waals surface area (Å²) in [5.41, 5.74) is 2.05. The van der Waals surface area contributed by atoms with Crippen LogP contribution in [0.15, 0.2) is 54.4 Å². The van der Waals surface area contributed by atoms with E-state index in [4.69, 9.17) is 0 Å². The Balaban J connectivity index is 1.68. The van der Waals surface area contributed by atoms with Crippen LogP contribution in [0.25, 0.3) is 11.4 Å². The van der Waals surface area contributed by atoms with E-state index in [1.807, 2.05) is 48.7 Å². The van der Waals surface area contributed by atoms with Crippen LogP contribution in [0.2, 0.25) is 0 Å². The van der Waals surface area contributed by atoms with Crippen molar-refractivity contribution in [3.63, 3.8) is 0 Å². The van der Waals surface area contributed by atoms with Gasteiger partial charge < -0.3 is 4.90 Å². The molecule has 0 aliphatic rings. The van der Waals surface area contributed by atoms with Crippen LogP contribution in [-0.2, 0) is 17.9 Å². The first-order valence-corrected chi connectivity index (χ1v) is 8.79. The fourth-order valence-electron chi connectivity index (χ4n) is 2.35. The van der Waals surface area contributed by atoms with E-state index in [-0.39, 0.29) is 12.5 Å². The van der Waals surface area contributed by atoms with Gasteiger partial charge in [-0.2, -0.15) is 4.80 Å². The largest absolute Gasteiger partial charge is 0.332 e. The number of tetrazole rings is 1. The molecule has 6 nitrogen and oxygen atoms in total. The lowest BCUT2D eigenvalue weighted by Crippen LogP contribution is -2.34. The average molecular weight is 353 g/mol. The van der Waals surface area contributed by atoms with E-state index in [1.54, 1.807) is 22.3 Å². The van der Waals surface area contributed by atoms with Crippen LogP contribution in [0.3, 0.4) is 0 Å². The Morgan fingerprint density at radius 3 is 2.80 bits per heavy atom. The van der Waals surface area contributed by atoms with Crippen LogP contribution in [-0.4, -0.2) is 37.6 Å². The maximum atomic E-state index is 12.6. The molecule has 0 saturated carbocycles. The van der Waals surface area contributed by atoms with E-state index in [9.17, 15) is 4.79 Å². The van der Waals surface area contributed by atoms with Gasteiger partial charge >= 0.3 is 0 Å². The molecule has 25 heavy (non-hydrogen) atoms. The van der Waals surface area contributed by atoms with Crippen LogP contribution < -0.4 is 0 Å². The monoisotopic (exact) mass is 353 g/mol. The maximum absolute atomic E-state index is 12.6. The number of carbonyl (C=O) groups excluding carboxylic acids is 1. The minimum atomic E-state index is -0.0684. The lowest BCUT2D eigenvalue weighted by molar-refractivity contribution is -0.132. The van der Waals surface area contributed by atoms with Gasteiger partial charge in [0.2, 0.25) is 11.7 Å². The number of thiophene rings is 1. The number of hydrogen-bond acceptors (Lipinski definition) is 5. The fraction of sp³-hybridized carbons (Fsp3) is 0.222. The predicted octanol–water partition coefficient (Wildman–Crippen LogP) is 2.92. The molecule has 2 aromatic heterocycles. The molecule has 1 amide bonds. The summed E-state index contributed by atoms with van der Waals surface area (Å²) in [6.45, 7) is 6.85. The van der Waals surface area contributed by atoms with Crippen molar-refractivity contribution in [1.29, 1.82) is 0 Å². The molecule has 0 aliphatic carbocycles. The zero-order chi connectivity index (χ0) is 17.6. The highest BCUT2D eigenvalue weighted by Gasteiger charge is 2.16. The Morgan fingerprint density at radius 2 is 2.12 bits per heavy atom. The molecular formula is C18H19N5OS. The number of rotatable bonds is 7. The average Bonchev–Trinajstić information content (AvgIpc) is 3.27. The second kappa shape index (κ2) is 7.85. The van der Waals surface area contributed by atoms with E-state index in [0.717, 1.165) is 10.4 Å². The highest BCUT2D eigenvalue weighted by atomic mass is 32.1. The molecule has 0 atom stereocenters. The lowest BCUT2D eigenvalue weighted by Gasteiger charge is -2.19. The molecule has 0 N–H and O–H groups in total. The number of nitrogens with zero attached hydrogens (tertiary/aromatic N) is 5. The zero-order valence-electron chi connectivity index (χ0n) is 14.0. The minimum absolute atomic E-state index is 0.0536. The quantitative estimate of drug-likeness (QED) is 0.613.